The summed E-state index contributed by atoms with van der Waals surface area (Å²) in [4.78, 5) is 26.0. The van der Waals surface area contributed by atoms with Gasteiger partial charge in [-0.15, -0.1) is 0 Å². The lowest BCUT2D eigenvalue weighted by Crippen LogP contribution is -2.58. The number of nitrogens with zero attached hydrogens (tertiary/aromatic N) is 5. The van der Waals surface area contributed by atoms with Crippen LogP contribution in [0.4, 0.5) is 5.82 Å². The number of pyridine rings is 2. The Kier molecular flexibility index (Phi) is 4.67. The van der Waals surface area contributed by atoms with Crippen LogP contribution in [0, 0.1) is 17.2 Å². The van der Waals surface area contributed by atoms with Crippen molar-refractivity contribution in [2.75, 3.05) is 24.5 Å². The van der Waals surface area contributed by atoms with Crippen LogP contribution in [-0.4, -0.2) is 52.5 Å². The van der Waals surface area contributed by atoms with Crippen molar-refractivity contribution >= 4 is 11.7 Å². The molecule has 1 N–H and O–H groups in total. The summed E-state index contributed by atoms with van der Waals surface area (Å²) in [6, 6.07) is 10.5. The minimum atomic E-state index is -0.0564. The number of nitrogens with one attached hydrogen (secondary N) is 1. The number of carbonyl (C=O) groups is 1. The summed E-state index contributed by atoms with van der Waals surface area (Å²) in [5.41, 5.74) is 1.73. The number of hydrogen-bond acceptors (Lipinski definition) is 6. The molecule has 30 heavy (non-hydrogen) atoms. The van der Waals surface area contributed by atoms with Gasteiger partial charge < -0.3 is 9.80 Å². The van der Waals surface area contributed by atoms with E-state index in [2.05, 4.69) is 33.2 Å². The maximum atomic E-state index is 13.0. The van der Waals surface area contributed by atoms with Gasteiger partial charge in [0.05, 0.1) is 18.2 Å². The van der Waals surface area contributed by atoms with Gasteiger partial charge in [-0.3, -0.25) is 15.1 Å². The van der Waals surface area contributed by atoms with Gasteiger partial charge in [-0.2, -0.15) is 5.26 Å². The molecule has 4 heterocycles. The fourth-order valence-electron chi connectivity index (χ4n) is 5.12. The van der Waals surface area contributed by atoms with Crippen molar-refractivity contribution in [2.45, 2.75) is 43.8 Å². The third-order valence-corrected chi connectivity index (χ3v) is 6.95. The zero-order valence-electron chi connectivity index (χ0n) is 17.2. The number of rotatable bonds is 5. The number of aromatic nitrogens is 2. The first-order valence-corrected chi connectivity index (χ1v) is 10.7. The van der Waals surface area contributed by atoms with Gasteiger partial charge in [0.15, 0.2) is 0 Å². The summed E-state index contributed by atoms with van der Waals surface area (Å²) in [5, 5.41) is 12.5. The molecule has 5 rings (SSSR count). The third-order valence-electron chi connectivity index (χ3n) is 6.95. The first kappa shape index (κ1) is 19.0. The third kappa shape index (κ3) is 3.31. The van der Waals surface area contributed by atoms with Crippen LogP contribution in [0.1, 0.15) is 37.3 Å². The van der Waals surface area contributed by atoms with E-state index in [1.54, 1.807) is 6.20 Å². The van der Waals surface area contributed by atoms with E-state index in [4.69, 9.17) is 5.26 Å². The van der Waals surface area contributed by atoms with Gasteiger partial charge in [-0.1, -0.05) is 6.92 Å². The number of amides is 1. The normalized spacial score (nSPS) is 26.3. The maximum Gasteiger partial charge on any atom is 0.236 e. The Morgan fingerprint density at radius 1 is 1.27 bits per heavy atom. The van der Waals surface area contributed by atoms with Crippen molar-refractivity contribution in [2.24, 2.45) is 5.92 Å². The van der Waals surface area contributed by atoms with E-state index in [-0.39, 0.29) is 23.5 Å². The average Bonchev–Trinajstić information content (AvgIpc) is 3.55. The van der Waals surface area contributed by atoms with Crippen LogP contribution < -0.4 is 10.2 Å². The van der Waals surface area contributed by atoms with E-state index < -0.39 is 0 Å². The summed E-state index contributed by atoms with van der Waals surface area (Å²) in [6.07, 6.45) is 8.44. The topological polar surface area (TPSA) is 85.2 Å². The van der Waals surface area contributed by atoms with E-state index in [9.17, 15) is 4.79 Å². The van der Waals surface area contributed by atoms with Crippen molar-refractivity contribution in [3.8, 4) is 6.07 Å². The number of nitriles is 1. The van der Waals surface area contributed by atoms with Crippen molar-refractivity contribution in [1.29, 1.82) is 5.26 Å². The quantitative estimate of drug-likeness (QED) is 0.824. The lowest BCUT2D eigenvalue weighted by atomic mass is 10.0. The van der Waals surface area contributed by atoms with Crippen LogP contribution in [0.5, 0.6) is 0 Å². The molecule has 2 aliphatic heterocycles. The zero-order chi connectivity index (χ0) is 20.7. The number of piperazine rings is 1. The molecule has 0 spiro atoms. The number of carbonyl (C=O) groups excluding carboxylic acids is 1. The Morgan fingerprint density at radius 2 is 2.07 bits per heavy atom. The molecular weight excluding hydrogens is 376 g/mol. The van der Waals surface area contributed by atoms with Gasteiger partial charge in [0.2, 0.25) is 5.91 Å². The molecule has 154 valence electrons. The van der Waals surface area contributed by atoms with Crippen LogP contribution in [0.2, 0.25) is 0 Å². The van der Waals surface area contributed by atoms with Crippen molar-refractivity contribution in [1.82, 2.24) is 20.2 Å². The summed E-state index contributed by atoms with van der Waals surface area (Å²) < 4.78 is 0. The maximum absolute atomic E-state index is 13.0. The van der Waals surface area contributed by atoms with Gasteiger partial charge >= 0.3 is 0 Å². The molecule has 0 radical (unpaired) electrons. The zero-order valence-corrected chi connectivity index (χ0v) is 17.2. The van der Waals surface area contributed by atoms with Crippen LogP contribution in [-0.2, 0) is 10.3 Å². The average molecular weight is 403 g/mol. The molecule has 2 bridgehead atoms. The first-order chi connectivity index (χ1) is 14.6. The van der Waals surface area contributed by atoms with Gasteiger partial charge in [-0.05, 0) is 55.0 Å². The van der Waals surface area contributed by atoms with Gasteiger partial charge in [0.1, 0.15) is 11.9 Å². The second kappa shape index (κ2) is 7.37. The van der Waals surface area contributed by atoms with Gasteiger partial charge in [0.25, 0.3) is 0 Å². The van der Waals surface area contributed by atoms with Crippen LogP contribution in [0.3, 0.4) is 0 Å². The van der Waals surface area contributed by atoms with Crippen LogP contribution >= 0.6 is 0 Å². The molecule has 1 aliphatic carbocycles. The SMILES string of the molecule is C[C@H]1CC2CN(C(=O)CNC3(c4ccncc4)CC3)CC1N2c1ccc(C#N)cn1. The van der Waals surface area contributed by atoms with Crippen molar-refractivity contribution < 1.29 is 4.79 Å². The molecule has 7 nitrogen and oxygen atoms in total. The Morgan fingerprint density at radius 3 is 2.70 bits per heavy atom. The summed E-state index contributed by atoms with van der Waals surface area (Å²) in [7, 11) is 0. The molecule has 3 atom stereocenters. The molecule has 2 saturated heterocycles. The molecule has 0 aromatic carbocycles. The van der Waals surface area contributed by atoms with Gasteiger partial charge in [-0.25, -0.2) is 4.98 Å². The molecule has 2 aromatic heterocycles. The second-order valence-corrected chi connectivity index (χ2v) is 8.83. The molecule has 3 fully saturated rings. The lowest BCUT2D eigenvalue weighted by Gasteiger charge is -2.42. The molecule has 7 heteroatoms. The summed E-state index contributed by atoms with van der Waals surface area (Å²) >= 11 is 0. The smallest absolute Gasteiger partial charge is 0.236 e. The van der Waals surface area contributed by atoms with E-state index in [0.717, 1.165) is 38.2 Å². The molecule has 1 amide bonds. The summed E-state index contributed by atoms with van der Waals surface area (Å²) in [6.45, 7) is 4.08. The van der Waals surface area contributed by atoms with Gasteiger partial charge in [0, 0.05) is 43.3 Å². The summed E-state index contributed by atoms with van der Waals surface area (Å²) in [5.74, 6) is 1.59. The van der Waals surface area contributed by atoms with Crippen molar-refractivity contribution in [3.05, 3.63) is 54.0 Å². The number of anilines is 1. The van der Waals surface area contributed by atoms with E-state index in [0.29, 0.717) is 18.0 Å². The Bertz CT molecular complexity index is 965. The first-order valence-electron chi connectivity index (χ1n) is 10.7. The number of hydrogen-bond donors (Lipinski definition) is 1. The molecule has 2 aromatic rings. The largest absolute Gasteiger partial charge is 0.347 e. The highest BCUT2D eigenvalue weighted by atomic mass is 16.2. The van der Waals surface area contributed by atoms with Crippen LogP contribution in [0.25, 0.3) is 0 Å². The molecule has 2 unspecified atom stereocenters. The second-order valence-electron chi connectivity index (χ2n) is 8.83. The van der Waals surface area contributed by atoms with E-state index in [1.165, 1.54) is 5.56 Å². The predicted octanol–water partition coefficient (Wildman–Crippen LogP) is 2.05. The Labute approximate surface area is 176 Å². The van der Waals surface area contributed by atoms with E-state index in [1.807, 2.05) is 41.6 Å². The number of fused-ring (bicyclic) bond motifs is 2. The van der Waals surface area contributed by atoms with Crippen molar-refractivity contribution in [3.63, 3.8) is 0 Å². The molecule has 1 saturated carbocycles. The highest BCUT2D eigenvalue weighted by molar-refractivity contribution is 5.79. The van der Waals surface area contributed by atoms with E-state index >= 15 is 0 Å². The monoisotopic (exact) mass is 402 g/mol. The standard InChI is InChI=1S/C23H26N6O/c1-16-10-19-14-28(15-20(16)29(19)21-3-2-17(11-24)12-26-21)22(30)13-27-23(6-7-23)18-4-8-25-9-5-18/h2-5,8-9,12,16,19-20,27H,6-7,10,13-15H2,1H3/t16-,19?,20?/m0/s1. The Balaban J connectivity index is 1.25. The highest BCUT2D eigenvalue weighted by Gasteiger charge is 2.47. The van der Waals surface area contributed by atoms with Crippen LogP contribution in [0.15, 0.2) is 42.9 Å². The molecule has 3 aliphatic rings. The minimum Gasteiger partial charge on any atom is -0.347 e. The highest BCUT2D eigenvalue weighted by Crippen LogP contribution is 2.45. The Hall–Kier alpha value is -2.98. The fraction of sp³-hybridized carbons (Fsp3) is 0.478. The predicted molar refractivity (Wildman–Crippen MR) is 113 cm³/mol. The minimum absolute atomic E-state index is 0.0564. The fourth-order valence-corrected chi connectivity index (χ4v) is 5.12. The lowest BCUT2D eigenvalue weighted by molar-refractivity contribution is -0.131. The number of likely N-dealkylation sites (tertiary alicyclic amines) is 1. The molecular formula is C23H26N6O.